The lowest BCUT2D eigenvalue weighted by atomic mass is 9.81. The van der Waals surface area contributed by atoms with Crippen LogP contribution in [0, 0.1) is 11.8 Å². The van der Waals surface area contributed by atoms with Gasteiger partial charge in [-0.05, 0) is 69.0 Å². The number of allylic oxidation sites excluding steroid dienone is 1. The van der Waals surface area contributed by atoms with Gasteiger partial charge in [0.15, 0.2) is 5.78 Å². The van der Waals surface area contributed by atoms with Crippen molar-refractivity contribution in [3.05, 3.63) is 40.9 Å². The van der Waals surface area contributed by atoms with Crippen LogP contribution < -0.4 is 10.6 Å². The average molecular weight is 555 g/mol. The molecule has 0 aliphatic heterocycles. The van der Waals surface area contributed by atoms with Crippen molar-refractivity contribution in [1.82, 2.24) is 20.5 Å². The Morgan fingerprint density at radius 2 is 1.90 bits per heavy atom. The van der Waals surface area contributed by atoms with Gasteiger partial charge in [-0.25, -0.2) is 4.98 Å². The molecule has 2 atom stereocenters. The molecule has 1 aromatic carbocycles. The van der Waals surface area contributed by atoms with Gasteiger partial charge < -0.3 is 15.5 Å². The maximum Gasteiger partial charge on any atom is 0.224 e. The minimum absolute atomic E-state index is 0.0693. The molecule has 2 aromatic rings. The van der Waals surface area contributed by atoms with Crippen LogP contribution in [0.4, 0.5) is 0 Å². The quantitative estimate of drug-likeness (QED) is 0.312. The van der Waals surface area contributed by atoms with Crippen LogP contribution in [0.15, 0.2) is 30.4 Å². The third-order valence-electron chi connectivity index (χ3n) is 7.65. The summed E-state index contributed by atoms with van der Waals surface area (Å²) in [4.78, 5) is 45.4. The van der Waals surface area contributed by atoms with E-state index in [-0.39, 0.29) is 30.1 Å². The highest BCUT2D eigenvalue weighted by Gasteiger charge is 2.30. The monoisotopic (exact) mass is 554 g/mol. The van der Waals surface area contributed by atoms with Gasteiger partial charge in [0.25, 0.3) is 0 Å². The smallest absolute Gasteiger partial charge is 0.224 e. The van der Waals surface area contributed by atoms with Crippen molar-refractivity contribution in [2.75, 3.05) is 27.7 Å². The standard InChI is InChI=1S/C31H46N4O3S/c1-21(2)23-13-15-27-28(18-23)39-30(33-27)20-24(19-29(37)32-3)31(38)34-26(22-10-7-6-8-11-22)16-14-25(36)12-9-17-35(4)5/h9,12-13,15,18,21-22,24,26H,6-8,10-11,14,16-17,19-20H2,1-5H3,(H,32,37)(H,34,38)/b12-9+/t24-,26+/m0/s1. The van der Waals surface area contributed by atoms with E-state index in [4.69, 9.17) is 4.98 Å². The molecule has 2 amide bonds. The number of fused-ring (bicyclic) bond motifs is 1. The highest BCUT2D eigenvalue weighted by Crippen LogP contribution is 2.30. The van der Waals surface area contributed by atoms with E-state index in [1.165, 1.54) is 12.0 Å². The lowest BCUT2D eigenvalue weighted by molar-refractivity contribution is -0.131. The molecule has 1 aliphatic rings. The molecule has 39 heavy (non-hydrogen) atoms. The number of nitrogens with zero attached hydrogens (tertiary/aromatic N) is 2. The summed E-state index contributed by atoms with van der Waals surface area (Å²) in [5.41, 5.74) is 2.19. The van der Waals surface area contributed by atoms with Crippen LogP contribution in [0.5, 0.6) is 0 Å². The lowest BCUT2D eigenvalue weighted by Gasteiger charge is -2.32. The van der Waals surface area contributed by atoms with E-state index in [1.807, 2.05) is 31.1 Å². The van der Waals surface area contributed by atoms with Crippen LogP contribution in [0.1, 0.15) is 81.7 Å². The van der Waals surface area contributed by atoms with Gasteiger partial charge in [0.2, 0.25) is 11.8 Å². The second-order valence-corrected chi connectivity index (χ2v) is 12.6. The van der Waals surface area contributed by atoms with E-state index < -0.39 is 5.92 Å². The second-order valence-electron chi connectivity index (χ2n) is 11.5. The number of nitrogens with one attached hydrogen (secondary N) is 2. The van der Waals surface area contributed by atoms with E-state index in [1.54, 1.807) is 24.5 Å². The summed E-state index contributed by atoms with van der Waals surface area (Å²) in [6, 6.07) is 6.26. The minimum Gasteiger partial charge on any atom is -0.359 e. The fraction of sp³-hybridized carbons (Fsp3) is 0.613. The fourth-order valence-electron chi connectivity index (χ4n) is 5.27. The van der Waals surface area contributed by atoms with Crippen molar-refractivity contribution in [3.63, 3.8) is 0 Å². The van der Waals surface area contributed by atoms with Crippen molar-refractivity contribution >= 4 is 39.2 Å². The predicted molar refractivity (Wildman–Crippen MR) is 160 cm³/mol. The summed E-state index contributed by atoms with van der Waals surface area (Å²) < 4.78 is 1.11. The van der Waals surface area contributed by atoms with Crippen molar-refractivity contribution < 1.29 is 14.4 Å². The molecular formula is C31H46N4O3S. The molecule has 1 saturated carbocycles. The van der Waals surface area contributed by atoms with Crippen LogP contribution >= 0.6 is 11.3 Å². The SMILES string of the molecule is CNC(=O)C[C@@H](Cc1nc2ccc(C(C)C)cc2s1)C(=O)N[C@H](CCC(=O)/C=C/CN(C)C)C1CCCCC1. The summed E-state index contributed by atoms with van der Waals surface area (Å²) in [6.45, 7) is 5.06. The molecule has 8 heteroatoms. The van der Waals surface area contributed by atoms with Crippen molar-refractivity contribution in [3.8, 4) is 0 Å². The molecule has 0 spiro atoms. The molecule has 3 rings (SSSR count). The summed E-state index contributed by atoms with van der Waals surface area (Å²) in [5, 5.41) is 6.84. The zero-order valence-electron chi connectivity index (χ0n) is 24.3. The lowest BCUT2D eigenvalue weighted by Crippen LogP contribution is -2.45. The third-order valence-corrected chi connectivity index (χ3v) is 8.69. The van der Waals surface area contributed by atoms with Gasteiger partial charge >= 0.3 is 0 Å². The van der Waals surface area contributed by atoms with Gasteiger partial charge in [-0.15, -0.1) is 11.3 Å². The number of carbonyl (C=O) groups excluding carboxylic acids is 3. The van der Waals surface area contributed by atoms with Crippen LogP contribution in [-0.2, 0) is 20.8 Å². The average Bonchev–Trinajstić information content (AvgIpc) is 3.32. The number of benzene rings is 1. The molecule has 1 aliphatic carbocycles. The van der Waals surface area contributed by atoms with Crippen molar-refractivity contribution in [2.45, 2.75) is 83.6 Å². The van der Waals surface area contributed by atoms with Crippen molar-refractivity contribution in [1.29, 1.82) is 0 Å². The van der Waals surface area contributed by atoms with Gasteiger partial charge in [-0.1, -0.05) is 45.3 Å². The van der Waals surface area contributed by atoms with Crippen LogP contribution in [0.2, 0.25) is 0 Å². The number of hydrogen-bond donors (Lipinski definition) is 2. The topological polar surface area (TPSA) is 91.4 Å². The maximum atomic E-state index is 13.7. The van der Waals surface area contributed by atoms with Gasteiger partial charge in [-0.2, -0.15) is 0 Å². The predicted octanol–water partition coefficient (Wildman–Crippen LogP) is 5.25. The minimum atomic E-state index is -0.517. The van der Waals surface area contributed by atoms with E-state index in [9.17, 15) is 14.4 Å². The number of aromatic nitrogens is 1. The molecule has 1 fully saturated rings. The molecule has 1 heterocycles. The Hall–Kier alpha value is -2.58. The maximum absolute atomic E-state index is 13.7. The van der Waals surface area contributed by atoms with Gasteiger partial charge in [0, 0.05) is 38.9 Å². The molecule has 1 aromatic heterocycles. The largest absolute Gasteiger partial charge is 0.359 e. The number of amides is 2. The molecule has 0 saturated heterocycles. The number of thiazole rings is 1. The molecule has 0 bridgehead atoms. The zero-order valence-corrected chi connectivity index (χ0v) is 25.1. The first-order chi connectivity index (χ1) is 18.7. The highest BCUT2D eigenvalue weighted by atomic mass is 32.1. The number of ketones is 1. The Morgan fingerprint density at radius 1 is 1.15 bits per heavy atom. The van der Waals surface area contributed by atoms with Gasteiger partial charge in [0.1, 0.15) is 0 Å². The van der Waals surface area contributed by atoms with Gasteiger partial charge in [0.05, 0.1) is 21.1 Å². The van der Waals surface area contributed by atoms with E-state index in [0.717, 1.165) is 47.5 Å². The first-order valence-electron chi connectivity index (χ1n) is 14.4. The second kappa shape index (κ2) is 15.3. The zero-order chi connectivity index (χ0) is 28.4. The van der Waals surface area contributed by atoms with Gasteiger partial charge in [-0.3, -0.25) is 14.4 Å². The first-order valence-corrected chi connectivity index (χ1v) is 15.2. The molecule has 0 radical (unpaired) electrons. The fourth-order valence-corrected chi connectivity index (χ4v) is 6.36. The van der Waals surface area contributed by atoms with E-state index in [2.05, 4.69) is 36.6 Å². The Kier molecular flexibility index (Phi) is 12.1. The number of hydrogen-bond acceptors (Lipinski definition) is 6. The summed E-state index contributed by atoms with van der Waals surface area (Å²) in [5.74, 6) is 0.0826. The molecule has 7 nitrogen and oxygen atoms in total. The molecule has 214 valence electrons. The summed E-state index contributed by atoms with van der Waals surface area (Å²) in [6.07, 6.45) is 10.7. The summed E-state index contributed by atoms with van der Waals surface area (Å²) in [7, 11) is 5.54. The van der Waals surface area contributed by atoms with Crippen LogP contribution in [0.3, 0.4) is 0 Å². The Balaban J connectivity index is 1.74. The Bertz CT molecular complexity index is 1130. The molecule has 0 unspecified atom stereocenters. The number of rotatable bonds is 14. The first kappa shape index (κ1) is 31.0. The number of carbonyl (C=O) groups is 3. The number of likely N-dealkylation sites (N-methyl/N-ethyl adjacent to an activating group) is 1. The van der Waals surface area contributed by atoms with E-state index >= 15 is 0 Å². The third kappa shape index (κ3) is 9.84. The van der Waals surface area contributed by atoms with Crippen LogP contribution in [-0.4, -0.2) is 61.2 Å². The Labute approximate surface area is 237 Å². The normalized spacial score (nSPS) is 16.2. The molecule has 2 N–H and O–H groups in total. The molecular weight excluding hydrogens is 508 g/mol. The highest BCUT2D eigenvalue weighted by molar-refractivity contribution is 7.18. The Morgan fingerprint density at radius 3 is 2.56 bits per heavy atom. The van der Waals surface area contributed by atoms with E-state index in [0.29, 0.717) is 31.1 Å². The van der Waals surface area contributed by atoms with Crippen LogP contribution in [0.25, 0.3) is 10.2 Å². The van der Waals surface area contributed by atoms with Crippen molar-refractivity contribution in [2.24, 2.45) is 11.8 Å². The summed E-state index contributed by atoms with van der Waals surface area (Å²) >= 11 is 1.60.